The molecule has 3 fully saturated rings. The Kier molecular flexibility index (Phi) is 3.99. The van der Waals surface area contributed by atoms with Gasteiger partial charge in [0, 0.05) is 24.8 Å². The molecule has 0 amide bonds. The molecule has 116 valence electrons. The van der Waals surface area contributed by atoms with Crippen molar-refractivity contribution in [2.24, 2.45) is 0 Å². The molecule has 2 saturated heterocycles. The topological polar surface area (TPSA) is 33.1 Å². The van der Waals surface area contributed by atoms with Crippen LogP contribution < -0.4 is 5.32 Å². The van der Waals surface area contributed by atoms with Gasteiger partial charge in [0.2, 0.25) is 0 Å². The van der Waals surface area contributed by atoms with Crippen molar-refractivity contribution in [3.05, 3.63) is 18.0 Å². The van der Waals surface area contributed by atoms with Gasteiger partial charge >= 0.3 is 0 Å². The normalized spacial score (nSPS) is 31.4. The van der Waals surface area contributed by atoms with Gasteiger partial charge in [0.05, 0.1) is 11.7 Å². The predicted molar refractivity (Wildman–Crippen MR) is 84.2 cm³/mol. The van der Waals surface area contributed by atoms with Gasteiger partial charge in [0.1, 0.15) is 0 Å². The minimum atomic E-state index is 0.671. The molecule has 1 aromatic heterocycles. The highest BCUT2D eigenvalue weighted by molar-refractivity contribution is 5.03. The lowest BCUT2D eigenvalue weighted by molar-refractivity contribution is 0.203. The summed E-state index contributed by atoms with van der Waals surface area (Å²) < 4.78 is 2.24. The highest BCUT2D eigenvalue weighted by Gasteiger charge is 2.33. The van der Waals surface area contributed by atoms with E-state index in [9.17, 15) is 0 Å². The number of hydrogen-bond acceptors (Lipinski definition) is 3. The molecule has 1 aliphatic carbocycles. The summed E-state index contributed by atoms with van der Waals surface area (Å²) in [6.07, 6.45) is 13.0. The molecular weight excluding hydrogens is 260 g/mol. The smallest absolute Gasteiger partial charge is 0.0765 e. The maximum atomic E-state index is 4.87. The lowest BCUT2D eigenvalue weighted by Gasteiger charge is -2.28. The number of nitrogens with one attached hydrogen (secondary N) is 1. The first-order chi connectivity index (χ1) is 10.4. The molecule has 3 heterocycles. The van der Waals surface area contributed by atoms with Crippen molar-refractivity contribution >= 4 is 0 Å². The van der Waals surface area contributed by atoms with Crippen LogP contribution in [0.25, 0.3) is 0 Å². The van der Waals surface area contributed by atoms with Crippen molar-refractivity contribution < 1.29 is 0 Å². The summed E-state index contributed by atoms with van der Waals surface area (Å²) in [4.78, 5) is 2.67. The van der Waals surface area contributed by atoms with Gasteiger partial charge in [-0.05, 0) is 57.7 Å². The third kappa shape index (κ3) is 2.88. The Morgan fingerprint density at radius 2 is 2.00 bits per heavy atom. The molecule has 0 spiro atoms. The molecule has 2 aliphatic heterocycles. The van der Waals surface area contributed by atoms with Gasteiger partial charge in [-0.1, -0.05) is 12.8 Å². The Bertz CT molecular complexity index is 457. The SMILES string of the molecule is c1cn(C2CCCC2)nc1CN1CCCC1C1CCCN1. The van der Waals surface area contributed by atoms with Crippen LogP contribution in [0.1, 0.15) is 63.1 Å². The zero-order valence-corrected chi connectivity index (χ0v) is 13.0. The standard InChI is InChI=1S/C17H28N4/c1-2-6-15(5-1)21-12-9-14(19-21)13-20-11-4-8-17(20)16-7-3-10-18-16/h9,12,15-18H,1-8,10-11,13H2. The number of likely N-dealkylation sites (tertiary alicyclic amines) is 1. The van der Waals surface area contributed by atoms with E-state index in [0.717, 1.165) is 18.6 Å². The number of hydrogen-bond donors (Lipinski definition) is 1. The van der Waals surface area contributed by atoms with E-state index in [-0.39, 0.29) is 0 Å². The summed E-state index contributed by atoms with van der Waals surface area (Å²) in [5.41, 5.74) is 1.27. The molecule has 1 N–H and O–H groups in total. The van der Waals surface area contributed by atoms with Gasteiger partial charge in [0.15, 0.2) is 0 Å². The van der Waals surface area contributed by atoms with Gasteiger partial charge in [0.25, 0.3) is 0 Å². The van der Waals surface area contributed by atoms with Crippen LogP contribution in [0.4, 0.5) is 0 Å². The number of rotatable bonds is 4. The molecule has 4 nitrogen and oxygen atoms in total. The maximum absolute atomic E-state index is 4.87. The monoisotopic (exact) mass is 288 g/mol. The van der Waals surface area contributed by atoms with Crippen LogP contribution in [0.15, 0.2) is 12.3 Å². The van der Waals surface area contributed by atoms with Crippen molar-refractivity contribution in [1.82, 2.24) is 20.0 Å². The summed E-state index contributed by atoms with van der Waals surface area (Å²) in [6, 6.07) is 4.38. The van der Waals surface area contributed by atoms with E-state index in [1.165, 1.54) is 70.2 Å². The average Bonchev–Trinajstić information content (AvgIpc) is 3.28. The fraction of sp³-hybridized carbons (Fsp3) is 0.824. The van der Waals surface area contributed by atoms with Crippen molar-refractivity contribution in [2.45, 2.75) is 76.0 Å². The lowest BCUT2D eigenvalue weighted by Crippen LogP contribution is -2.43. The molecule has 2 unspecified atom stereocenters. The predicted octanol–water partition coefficient (Wildman–Crippen LogP) is 2.71. The van der Waals surface area contributed by atoms with Crippen LogP contribution in [0.2, 0.25) is 0 Å². The van der Waals surface area contributed by atoms with Gasteiger partial charge in [-0.25, -0.2) is 0 Å². The van der Waals surface area contributed by atoms with Gasteiger partial charge in [-0.15, -0.1) is 0 Å². The molecule has 0 bridgehead atoms. The second-order valence-corrected chi connectivity index (χ2v) is 7.11. The number of nitrogens with zero attached hydrogens (tertiary/aromatic N) is 3. The van der Waals surface area contributed by atoms with Crippen LogP contribution in [-0.4, -0.2) is 39.9 Å². The zero-order chi connectivity index (χ0) is 14.1. The van der Waals surface area contributed by atoms with E-state index in [1.54, 1.807) is 0 Å². The molecule has 4 rings (SSSR count). The minimum Gasteiger partial charge on any atom is -0.312 e. The van der Waals surface area contributed by atoms with Crippen molar-refractivity contribution in [1.29, 1.82) is 0 Å². The molecule has 3 aliphatic rings. The van der Waals surface area contributed by atoms with E-state index in [2.05, 4.69) is 27.2 Å². The zero-order valence-electron chi connectivity index (χ0n) is 13.0. The van der Waals surface area contributed by atoms with E-state index < -0.39 is 0 Å². The fourth-order valence-corrected chi connectivity index (χ4v) is 4.59. The molecule has 1 aromatic rings. The molecule has 4 heteroatoms. The van der Waals surface area contributed by atoms with Crippen LogP contribution in [0.5, 0.6) is 0 Å². The third-order valence-electron chi connectivity index (χ3n) is 5.70. The molecule has 0 radical (unpaired) electrons. The van der Waals surface area contributed by atoms with Crippen LogP contribution in [-0.2, 0) is 6.54 Å². The fourth-order valence-electron chi connectivity index (χ4n) is 4.59. The summed E-state index contributed by atoms with van der Waals surface area (Å²) in [6.45, 7) is 3.51. The van der Waals surface area contributed by atoms with Crippen molar-refractivity contribution in [3.8, 4) is 0 Å². The van der Waals surface area contributed by atoms with Gasteiger partial charge in [-0.3, -0.25) is 9.58 Å². The Hall–Kier alpha value is -0.870. The van der Waals surface area contributed by atoms with Crippen molar-refractivity contribution in [3.63, 3.8) is 0 Å². The Morgan fingerprint density at radius 3 is 2.81 bits per heavy atom. The minimum absolute atomic E-state index is 0.671. The van der Waals surface area contributed by atoms with Crippen LogP contribution >= 0.6 is 0 Å². The Morgan fingerprint density at radius 1 is 1.10 bits per heavy atom. The van der Waals surface area contributed by atoms with Crippen molar-refractivity contribution in [2.75, 3.05) is 13.1 Å². The van der Waals surface area contributed by atoms with E-state index >= 15 is 0 Å². The maximum Gasteiger partial charge on any atom is 0.0765 e. The quantitative estimate of drug-likeness (QED) is 0.925. The highest BCUT2D eigenvalue weighted by atomic mass is 15.3. The Balaban J connectivity index is 1.40. The first-order valence-corrected chi connectivity index (χ1v) is 8.91. The third-order valence-corrected chi connectivity index (χ3v) is 5.70. The first-order valence-electron chi connectivity index (χ1n) is 8.91. The average molecular weight is 288 g/mol. The summed E-state index contributed by atoms with van der Waals surface area (Å²) in [7, 11) is 0. The lowest BCUT2D eigenvalue weighted by atomic mass is 10.0. The molecular formula is C17H28N4. The van der Waals surface area contributed by atoms with Gasteiger partial charge in [-0.2, -0.15) is 5.10 Å². The summed E-state index contributed by atoms with van der Waals surface area (Å²) >= 11 is 0. The van der Waals surface area contributed by atoms with Gasteiger partial charge < -0.3 is 5.32 Å². The second kappa shape index (κ2) is 6.09. The second-order valence-electron chi connectivity index (χ2n) is 7.11. The highest BCUT2D eigenvalue weighted by Crippen LogP contribution is 2.29. The first kappa shape index (κ1) is 13.8. The Labute approximate surface area is 127 Å². The summed E-state index contributed by atoms with van der Waals surface area (Å²) in [5, 5.41) is 8.57. The molecule has 1 saturated carbocycles. The van der Waals surface area contributed by atoms with Crippen LogP contribution in [0, 0.1) is 0 Å². The van der Waals surface area contributed by atoms with E-state index in [1.807, 2.05) is 0 Å². The molecule has 0 aromatic carbocycles. The molecule has 2 atom stereocenters. The number of aromatic nitrogens is 2. The summed E-state index contributed by atoms with van der Waals surface area (Å²) in [5.74, 6) is 0. The van der Waals surface area contributed by atoms with Crippen LogP contribution in [0.3, 0.4) is 0 Å². The molecule has 21 heavy (non-hydrogen) atoms. The van der Waals surface area contributed by atoms with E-state index in [4.69, 9.17) is 5.10 Å². The van der Waals surface area contributed by atoms with E-state index in [0.29, 0.717) is 6.04 Å². The largest absolute Gasteiger partial charge is 0.312 e.